The van der Waals surface area contributed by atoms with Gasteiger partial charge in [-0.1, -0.05) is 6.07 Å². The topological polar surface area (TPSA) is 67.0 Å². The van der Waals surface area contributed by atoms with E-state index in [2.05, 4.69) is 4.98 Å². The largest absolute Gasteiger partial charge is 0.352 e. The Kier molecular flexibility index (Phi) is 2.35. The van der Waals surface area contributed by atoms with Crippen LogP contribution in [0.2, 0.25) is 0 Å². The summed E-state index contributed by atoms with van der Waals surface area (Å²) in [4.78, 5) is 14.3. The van der Waals surface area contributed by atoms with Crippen LogP contribution >= 0.6 is 0 Å². The van der Waals surface area contributed by atoms with Crippen molar-refractivity contribution >= 4 is 26.5 Å². The number of fused-ring (bicyclic) bond motifs is 1. The van der Waals surface area contributed by atoms with Crippen molar-refractivity contribution in [3.8, 4) is 0 Å². The third-order valence-electron chi connectivity index (χ3n) is 2.40. The quantitative estimate of drug-likeness (QED) is 0.809. The van der Waals surface area contributed by atoms with Gasteiger partial charge in [0.2, 0.25) is 0 Å². The fourth-order valence-corrected chi connectivity index (χ4v) is 2.53. The van der Waals surface area contributed by atoms with Gasteiger partial charge in [-0.2, -0.15) is 0 Å². The Bertz CT molecular complexity index is 668. The van der Waals surface area contributed by atoms with Crippen molar-refractivity contribution in [2.24, 2.45) is 0 Å². The Labute approximate surface area is 93.2 Å². The maximum Gasteiger partial charge on any atom is 0.176 e. The fourth-order valence-electron chi connectivity index (χ4n) is 1.64. The molecule has 84 valence electrons. The van der Waals surface area contributed by atoms with Crippen LogP contribution in [-0.2, 0) is 9.84 Å². The van der Waals surface area contributed by atoms with Crippen molar-refractivity contribution in [2.75, 3.05) is 6.26 Å². The van der Waals surface area contributed by atoms with Crippen LogP contribution in [-0.4, -0.2) is 25.4 Å². The summed E-state index contributed by atoms with van der Waals surface area (Å²) in [6.07, 6.45) is 1.15. The summed E-state index contributed by atoms with van der Waals surface area (Å²) in [7, 11) is -3.27. The molecular formula is C11H11NO3S. The van der Waals surface area contributed by atoms with Crippen LogP contribution in [0.25, 0.3) is 10.9 Å². The van der Waals surface area contributed by atoms with Gasteiger partial charge in [-0.3, -0.25) is 4.79 Å². The first-order valence-electron chi connectivity index (χ1n) is 4.72. The monoisotopic (exact) mass is 237 g/mol. The second kappa shape index (κ2) is 3.45. The van der Waals surface area contributed by atoms with Crippen molar-refractivity contribution in [1.29, 1.82) is 0 Å². The molecule has 0 atom stereocenters. The minimum absolute atomic E-state index is 0.115. The van der Waals surface area contributed by atoms with E-state index in [1.807, 2.05) is 0 Å². The first kappa shape index (κ1) is 10.9. The van der Waals surface area contributed by atoms with Crippen LogP contribution in [0.1, 0.15) is 17.4 Å². The molecule has 1 N–H and O–H groups in total. The molecule has 0 aliphatic rings. The van der Waals surface area contributed by atoms with E-state index < -0.39 is 9.84 Å². The van der Waals surface area contributed by atoms with Gasteiger partial charge in [-0.15, -0.1) is 0 Å². The summed E-state index contributed by atoms with van der Waals surface area (Å²) in [5.74, 6) is -0.115. The number of hydrogen-bond donors (Lipinski definition) is 1. The molecular weight excluding hydrogens is 226 g/mol. The maximum absolute atomic E-state index is 11.5. The summed E-state index contributed by atoms with van der Waals surface area (Å²) in [5, 5.41) is 0.565. The molecule has 0 aliphatic heterocycles. The zero-order valence-corrected chi connectivity index (χ0v) is 9.76. The number of hydrogen-bond acceptors (Lipinski definition) is 3. The Hall–Kier alpha value is -1.62. The van der Waals surface area contributed by atoms with E-state index in [9.17, 15) is 13.2 Å². The molecule has 0 unspecified atom stereocenters. The van der Waals surface area contributed by atoms with Crippen LogP contribution in [0.5, 0.6) is 0 Å². The molecule has 1 aromatic carbocycles. The number of carbonyl (C=O) groups excluding carboxylic acids is 1. The highest BCUT2D eigenvalue weighted by Gasteiger charge is 2.14. The average Bonchev–Trinajstić information content (AvgIpc) is 2.58. The molecule has 0 saturated carbocycles. The fraction of sp³-hybridized carbons (Fsp3) is 0.182. The first-order valence-corrected chi connectivity index (χ1v) is 6.61. The smallest absolute Gasteiger partial charge is 0.176 e. The van der Waals surface area contributed by atoms with E-state index >= 15 is 0 Å². The van der Waals surface area contributed by atoms with E-state index in [1.165, 1.54) is 13.0 Å². The van der Waals surface area contributed by atoms with Gasteiger partial charge in [0.25, 0.3) is 0 Å². The molecule has 5 heteroatoms. The van der Waals surface area contributed by atoms with Crippen LogP contribution in [0.4, 0.5) is 0 Å². The van der Waals surface area contributed by atoms with Crippen molar-refractivity contribution < 1.29 is 13.2 Å². The van der Waals surface area contributed by atoms with Gasteiger partial charge in [0.15, 0.2) is 15.6 Å². The van der Waals surface area contributed by atoms with E-state index in [4.69, 9.17) is 0 Å². The minimum atomic E-state index is -3.27. The SMILES string of the molecule is CC(=O)c1cc2c(S(C)(=O)=O)cccc2[nH]1. The Morgan fingerprint density at radius 3 is 2.56 bits per heavy atom. The summed E-state index contributed by atoms with van der Waals surface area (Å²) in [6, 6.07) is 6.51. The third kappa shape index (κ3) is 1.74. The molecule has 0 spiro atoms. The van der Waals surface area contributed by atoms with Crippen LogP contribution in [0.3, 0.4) is 0 Å². The summed E-state index contributed by atoms with van der Waals surface area (Å²) >= 11 is 0. The maximum atomic E-state index is 11.5. The standard InChI is InChI=1S/C11H11NO3S/c1-7(13)10-6-8-9(12-10)4-3-5-11(8)16(2,14)15/h3-6,12H,1-2H3. The molecule has 2 aromatic rings. The Balaban J connectivity index is 2.83. The number of Topliss-reactive ketones (excluding diaryl/α,β-unsaturated/α-hetero) is 1. The van der Waals surface area contributed by atoms with Crippen LogP contribution in [0, 0.1) is 0 Å². The molecule has 0 amide bonds. The van der Waals surface area contributed by atoms with E-state index in [-0.39, 0.29) is 10.7 Å². The van der Waals surface area contributed by atoms with E-state index in [0.717, 1.165) is 6.26 Å². The van der Waals surface area contributed by atoms with E-state index in [1.54, 1.807) is 18.2 Å². The summed E-state index contributed by atoms with van der Waals surface area (Å²) < 4.78 is 23.1. The number of rotatable bonds is 2. The second-order valence-electron chi connectivity index (χ2n) is 3.73. The summed E-state index contributed by atoms with van der Waals surface area (Å²) in [5.41, 5.74) is 1.08. The molecule has 0 saturated heterocycles. The van der Waals surface area contributed by atoms with E-state index in [0.29, 0.717) is 16.6 Å². The molecule has 0 aliphatic carbocycles. The van der Waals surface area contributed by atoms with Crippen LogP contribution in [0.15, 0.2) is 29.2 Å². The van der Waals surface area contributed by atoms with Crippen LogP contribution < -0.4 is 0 Å². The predicted molar refractivity (Wildman–Crippen MR) is 61.4 cm³/mol. The first-order chi connectivity index (χ1) is 7.39. The van der Waals surface area contributed by atoms with Gasteiger partial charge in [-0.25, -0.2) is 8.42 Å². The average molecular weight is 237 g/mol. The Morgan fingerprint density at radius 1 is 1.31 bits per heavy atom. The molecule has 2 rings (SSSR count). The number of aromatic nitrogens is 1. The van der Waals surface area contributed by atoms with Crippen molar-refractivity contribution in [3.63, 3.8) is 0 Å². The van der Waals surface area contributed by atoms with Gasteiger partial charge in [0.05, 0.1) is 10.6 Å². The van der Waals surface area contributed by atoms with Crippen molar-refractivity contribution in [3.05, 3.63) is 30.0 Å². The molecule has 1 aromatic heterocycles. The zero-order valence-electron chi connectivity index (χ0n) is 8.94. The lowest BCUT2D eigenvalue weighted by Gasteiger charge is -1.98. The molecule has 16 heavy (non-hydrogen) atoms. The lowest BCUT2D eigenvalue weighted by Crippen LogP contribution is -1.96. The van der Waals surface area contributed by atoms with Gasteiger partial charge < -0.3 is 4.98 Å². The highest BCUT2D eigenvalue weighted by molar-refractivity contribution is 7.91. The van der Waals surface area contributed by atoms with Crippen molar-refractivity contribution in [2.45, 2.75) is 11.8 Å². The number of H-pyrrole nitrogens is 1. The molecule has 0 fully saturated rings. The highest BCUT2D eigenvalue weighted by atomic mass is 32.2. The lowest BCUT2D eigenvalue weighted by molar-refractivity contribution is 0.101. The normalized spacial score (nSPS) is 11.9. The number of ketones is 1. The minimum Gasteiger partial charge on any atom is -0.352 e. The molecule has 0 radical (unpaired) electrons. The zero-order chi connectivity index (χ0) is 11.9. The lowest BCUT2D eigenvalue weighted by atomic mass is 10.2. The van der Waals surface area contributed by atoms with Crippen molar-refractivity contribution in [1.82, 2.24) is 4.98 Å². The number of sulfone groups is 1. The third-order valence-corrected chi connectivity index (χ3v) is 3.56. The Morgan fingerprint density at radius 2 is 2.00 bits per heavy atom. The highest BCUT2D eigenvalue weighted by Crippen LogP contribution is 2.23. The van der Waals surface area contributed by atoms with Gasteiger partial charge in [0, 0.05) is 24.1 Å². The number of carbonyl (C=O) groups is 1. The summed E-state index contributed by atoms with van der Waals surface area (Å²) in [6.45, 7) is 1.44. The number of benzene rings is 1. The molecule has 0 bridgehead atoms. The predicted octanol–water partition coefficient (Wildman–Crippen LogP) is 1.77. The molecule has 1 heterocycles. The number of nitrogens with one attached hydrogen (secondary N) is 1. The van der Waals surface area contributed by atoms with Gasteiger partial charge in [-0.05, 0) is 18.2 Å². The second-order valence-corrected chi connectivity index (χ2v) is 5.71. The number of aromatic amines is 1. The van der Waals surface area contributed by atoms with Gasteiger partial charge >= 0.3 is 0 Å². The molecule has 4 nitrogen and oxygen atoms in total. The van der Waals surface area contributed by atoms with Gasteiger partial charge in [0.1, 0.15) is 0 Å².